The molecule has 0 radical (unpaired) electrons. The van der Waals surface area contributed by atoms with Gasteiger partial charge in [0.1, 0.15) is 11.5 Å². The molecule has 2 aromatic carbocycles. The molecule has 0 aliphatic carbocycles. The minimum absolute atomic E-state index is 0.209. The van der Waals surface area contributed by atoms with Gasteiger partial charge in [0.15, 0.2) is 0 Å². The third-order valence-corrected chi connectivity index (χ3v) is 6.04. The summed E-state index contributed by atoms with van der Waals surface area (Å²) in [6, 6.07) is 13.4. The van der Waals surface area contributed by atoms with E-state index in [0.29, 0.717) is 31.9 Å². The van der Waals surface area contributed by atoms with Crippen LogP contribution in [0.3, 0.4) is 0 Å². The average Bonchev–Trinajstić information content (AvgIpc) is 2.62. The van der Waals surface area contributed by atoms with E-state index in [0.717, 1.165) is 5.69 Å². The predicted octanol–water partition coefficient (Wildman–Crippen LogP) is 1.91. The van der Waals surface area contributed by atoms with Crippen LogP contribution in [0.5, 0.6) is 11.5 Å². The Morgan fingerprint density at radius 3 is 2.25 bits per heavy atom. The highest BCUT2D eigenvalue weighted by Gasteiger charge is 2.28. The van der Waals surface area contributed by atoms with Crippen molar-refractivity contribution in [2.75, 3.05) is 38.2 Å². The van der Waals surface area contributed by atoms with Crippen molar-refractivity contribution in [3.8, 4) is 11.5 Å². The third-order valence-electron chi connectivity index (χ3n) is 4.13. The Morgan fingerprint density at radius 1 is 1.00 bits per heavy atom. The van der Waals surface area contributed by atoms with Crippen LogP contribution in [-0.2, 0) is 10.0 Å². The molecule has 24 heavy (non-hydrogen) atoms. The molecule has 0 bridgehead atoms. The number of piperazine rings is 1. The summed E-state index contributed by atoms with van der Waals surface area (Å²) in [6.45, 7) is 1.98. The molecule has 1 heterocycles. The zero-order valence-electron chi connectivity index (χ0n) is 13.4. The van der Waals surface area contributed by atoms with E-state index in [4.69, 9.17) is 4.74 Å². The first kappa shape index (κ1) is 16.6. The summed E-state index contributed by atoms with van der Waals surface area (Å²) in [4.78, 5) is 2.34. The van der Waals surface area contributed by atoms with Gasteiger partial charge >= 0.3 is 0 Å². The lowest BCUT2D eigenvalue weighted by Gasteiger charge is -2.35. The first-order valence-electron chi connectivity index (χ1n) is 7.69. The van der Waals surface area contributed by atoms with Crippen molar-refractivity contribution in [2.45, 2.75) is 4.90 Å². The third kappa shape index (κ3) is 3.32. The summed E-state index contributed by atoms with van der Waals surface area (Å²) in [5.74, 6) is 0.837. The Hall–Kier alpha value is -2.25. The molecule has 0 unspecified atom stereocenters. The maximum absolute atomic E-state index is 12.7. The van der Waals surface area contributed by atoms with Crippen molar-refractivity contribution in [1.82, 2.24) is 4.31 Å². The van der Waals surface area contributed by atoms with Gasteiger partial charge in [-0.25, -0.2) is 8.42 Å². The van der Waals surface area contributed by atoms with Crippen LogP contribution in [-0.4, -0.2) is 51.1 Å². The van der Waals surface area contributed by atoms with Crippen molar-refractivity contribution in [2.24, 2.45) is 0 Å². The quantitative estimate of drug-likeness (QED) is 0.914. The molecule has 1 aliphatic heterocycles. The van der Waals surface area contributed by atoms with E-state index in [1.165, 1.54) is 4.31 Å². The molecule has 1 aliphatic rings. The summed E-state index contributed by atoms with van der Waals surface area (Å²) in [7, 11) is -1.95. The smallest absolute Gasteiger partial charge is 0.243 e. The van der Waals surface area contributed by atoms with Crippen molar-refractivity contribution >= 4 is 15.7 Å². The van der Waals surface area contributed by atoms with Gasteiger partial charge in [-0.1, -0.05) is 6.07 Å². The second-order valence-corrected chi connectivity index (χ2v) is 7.52. The fraction of sp³-hybridized carbons (Fsp3) is 0.294. The summed E-state index contributed by atoms with van der Waals surface area (Å²) >= 11 is 0. The minimum atomic E-state index is -3.50. The number of nitrogens with zero attached hydrogens (tertiary/aromatic N) is 2. The van der Waals surface area contributed by atoms with E-state index in [9.17, 15) is 13.5 Å². The Morgan fingerprint density at radius 2 is 1.67 bits per heavy atom. The van der Waals surface area contributed by atoms with E-state index >= 15 is 0 Å². The molecule has 0 atom stereocenters. The number of phenols is 1. The number of phenolic OH excluding ortho intramolecular Hbond substituents is 1. The van der Waals surface area contributed by atoms with Gasteiger partial charge in [-0.2, -0.15) is 4.31 Å². The SMILES string of the molecule is COc1ccc(S(=O)(=O)N2CCN(c3cccc(O)c3)CC2)cc1. The topological polar surface area (TPSA) is 70.1 Å². The van der Waals surface area contributed by atoms with Crippen LogP contribution in [0, 0.1) is 0 Å². The van der Waals surface area contributed by atoms with Gasteiger partial charge in [-0.05, 0) is 36.4 Å². The van der Waals surface area contributed by atoms with Gasteiger partial charge in [0, 0.05) is 37.9 Å². The van der Waals surface area contributed by atoms with Gasteiger partial charge in [0.2, 0.25) is 10.0 Å². The van der Waals surface area contributed by atoms with Gasteiger partial charge < -0.3 is 14.7 Å². The maximum atomic E-state index is 12.7. The molecule has 128 valence electrons. The van der Waals surface area contributed by atoms with Crippen LogP contribution < -0.4 is 9.64 Å². The molecule has 0 spiro atoms. The summed E-state index contributed by atoms with van der Waals surface area (Å²) in [5, 5.41) is 9.57. The minimum Gasteiger partial charge on any atom is -0.508 e. The van der Waals surface area contributed by atoms with Crippen LogP contribution in [0.25, 0.3) is 0 Å². The van der Waals surface area contributed by atoms with E-state index in [2.05, 4.69) is 4.90 Å². The Labute approximate surface area is 141 Å². The molecule has 1 N–H and O–H groups in total. The van der Waals surface area contributed by atoms with Gasteiger partial charge in [-0.15, -0.1) is 0 Å². The normalized spacial score (nSPS) is 16.1. The van der Waals surface area contributed by atoms with Crippen molar-refractivity contribution in [3.05, 3.63) is 48.5 Å². The molecule has 0 saturated carbocycles. The van der Waals surface area contributed by atoms with Crippen molar-refractivity contribution in [1.29, 1.82) is 0 Å². The molecular weight excluding hydrogens is 328 g/mol. The predicted molar refractivity (Wildman–Crippen MR) is 92.1 cm³/mol. The lowest BCUT2D eigenvalue weighted by Crippen LogP contribution is -2.48. The standard InChI is InChI=1S/C17H20N2O4S/c1-23-16-5-7-17(8-6-16)24(21,22)19-11-9-18(10-12-19)14-3-2-4-15(20)13-14/h2-8,13,20H,9-12H2,1H3. The number of rotatable bonds is 4. The monoisotopic (exact) mass is 348 g/mol. The zero-order chi connectivity index (χ0) is 17.2. The molecule has 3 rings (SSSR count). The molecule has 1 saturated heterocycles. The number of benzene rings is 2. The number of sulfonamides is 1. The first-order chi connectivity index (χ1) is 11.5. The molecular formula is C17H20N2O4S. The lowest BCUT2D eigenvalue weighted by atomic mass is 10.2. The van der Waals surface area contributed by atoms with E-state index < -0.39 is 10.0 Å². The summed E-state index contributed by atoms with van der Waals surface area (Å²) in [5.41, 5.74) is 0.900. The number of aromatic hydroxyl groups is 1. The number of anilines is 1. The second kappa shape index (κ2) is 6.70. The van der Waals surface area contributed by atoms with Crippen molar-refractivity contribution in [3.63, 3.8) is 0 Å². The highest BCUT2D eigenvalue weighted by atomic mass is 32.2. The van der Waals surface area contributed by atoms with Gasteiger partial charge in [0.25, 0.3) is 0 Å². The lowest BCUT2D eigenvalue weighted by molar-refractivity contribution is 0.384. The number of hydrogen-bond acceptors (Lipinski definition) is 5. The maximum Gasteiger partial charge on any atom is 0.243 e. The molecule has 1 fully saturated rings. The molecule has 2 aromatic rings. The first-order valence-corrected chi connectivity index (χ1v) is 9.13. The van der Waals surface area contributed by atoms with E-state index in [1.807, 2.05) is 6.07 Å². The van der Waals surface area contributed by atoms with E-state index in [-0.39, 0.29) is 10.6 Å². The summed E-state index contributed by atoms with van der Waals surface area (Å²) in [6.07, 6.45) is 0. The van der Waals surface area contributed by atoms with Crippen LogP contribution in [0.1, 0.15) is 0 Å². The fourth-order valence-corrected chi connectivity index (χ4v) is 4.20. The van der Waals surface area contributed by atoms with Crippen molar-refractivity contribution < 1.29 is 18.3 Å². The number of hydrogen-bond donors (Lipinski definition) is 1. The number of methoxy groups -OCH3 is 1. The van der Waals surface area contributed by atoms with Gasteiger partial charge in [-0.3, -0.25) is 0 Å². The van der Waals surface area contributed by atoms with Crippen LogP contribution in [0.2, 0.25) is 0 Å². The average molecular weight is 348 g/mol. The highest BCUT2D eigenvalue weighted by Crippen LogP contribution is 2.24. The van der Waals surface area contributed by atoms with Crippen LogP contribution in [0.4, 0.5) is 5.69 Å². The molecule has 0 amide bonds. The Balaban J connectivity index is 1.71. The molecule has 0 aromatic heterocycles. The highest BCUT2D eigenvalue weighted by molar-refractivity contribution is 7.89. The Bertz CT molecular complexity index is 798. The fourth-order valence-electron chi connectivity index (χ4n) is 2.77. The zero-order valence-corrected chi connectivity index (χ0v) is 14.2. The van der Waals surface area contributed by atoms with E-state index in [1.54, 1.807) is 49.6 Å². The summed E-state index contributed by atoms with van der Waals surface area (Å²) < 4.78 is 32.0. The molecule has 7 heteroatoms. The second-order valence-electron chi connectivity index (χ2n) is 5.59. The molecule has 6 nitrogen and oxygen atoms in total. The van der Waals surface area contributed by atoms with Crippen LogP contribution in [0.15, 0.2) is 53.4 Å². The largest absolute Gasteiger partial charge is 0.508 e. The van der Waals surface area contributed by atoms with Crippen LogP contribution >= 0.6 is 0 Å². The number of ether oxygens (including phenoxy) is 1. The Kier molecular flexibility index (Phi) is 4.64. The van der Waals surface area contributed by atoms with Gasteiger partial charge in [0.05, 0.1) is 12.0 Å².